The van der Waals surface area contributed by atoms with Gasteiger partial charge >= 0.3 is 0 Å². The number of hydrogen-bond donors (Lipinski definition) is 1. The molecule has 1 heterocycles. The molecule has 0 bridgehead atoms. The Bertz CT molecular complexity index is 566. The highest BCUT2D eigenvalue weighted by atomic mass is 35.5. The van der Waals surface area contributed by atoms with Crippen molar-refractivity contribution in [1.82, 2.24) is 5.16 Å². The fraction of sp³-hybridized carbons (Fsp3) is 0.471. The van der Waals surface area contributed by atoms with Crippen LogP contribution in [0.5, 0.6) is 0 Å². The number of hydrogen-bond acceptors (Lipinski definition) is 3. The second-order valence-corrected chi connectivity index (χ2v) is 5.77. The molecule has 0 atom stereocenters. The zero-order valence-electron chi connectivity index (χ0n) is 12.6. The lowest BCUT2D eigenvalue weighted by Crippen LogP contribution is -1.92. The highest BCUT2D eigenvalue weighted by molar-refractivity contribution is 6.33. The molecule has 0 saturated carbocycles. The number of nitrogen functional groups attached to an aromatic ring is 1. The molecule has 2 N–H and O–H groups in total. The second-order valence-electron chi connectivity index (χ2n) is 5.37. The third-order valence-corrected chi connectivity index (χ3v) is 4.03. The number of unbranched alkanes of at least 4 members (excludes halogenated alkanes) is 5. The number of aryl methyl sites for hydroxylation is 1. The molecule has 0 spiro atoms. The first kappa shape index (κ1) is 15.9. The smallest absolute Gasteiger partial charge is 0.230 e. The highest BCUT2D eigenvalue weighted by Crippen LogP contribution is 2.35. The Balaban J connectivity index is 2.00. The number of rotatable bonds is 8. The van der Waals surface area contributed by atoms with E-state index < -0.39 is 0 Å². The molecule has 0 aliphatic carbocycles. The van der Waals surface area contributed by atoms with Crippen LogP contribution < -0.4 is 5.73 Å². The Morgan fingerprint density at radius 2 is 1.81 bits per heavy atom. The van der Waals surface area contributed by atoms with Gasteiger partial charge in [0.1, 0.15) is 0 Å². The summed E-state index contributed by atoms with van der Waals surface area (Å²) in [4.78, 5) is 0. The van der Waals surface area contributed by atoms with Gasteiger partial charge in [-0.2, -0.15) is 0 Å². The third kappa shape index (κ3) is 4.24. The molecule has 0 aliphatic heterocycles. The minimum Gasteiger partial charge on any atom is -0.367 e. The van der Waals surface area contributed by atoms with Crippen LogP contribution in [0.1, 0.15) is 51.1 Å². The Labute approximate surface area is 131 Å². The van der Waals surface area contributed by atoms with Gasteiger partial charge in [0, 0.05) is 10.6 Å². The summed E-state index contributed by atoms with van der Waals surface area (Å²) in [7, 11) is 0. The number of nitrogens with zero attached hydrogens (tertiary/aromatic N) is 1. The minimum atomic E-state index is 0.351. The van der Waals surface area contributed by atoms with E-state index in [1.165, 1.54) is 32.1 Å². The van der Waals surface area contributed by atoms with E-state index in [9.17, 15) is 0 Å². The van der Waals surface area contributed by atoms with Crippen molar-refractivity contribution in [2.75, 3.05) is 5.73 Å². The van der Waals surface area contributed by atoms with E-state index in [1.807, 2.05) is 24.3 Å². The van der Waals surface area contributed by atoms with Crippen molar-refractivity contribution in [1.29, 1.82) is 0 Å². The molecular formula is C17H23ClN2O. The molecule has 2 rings (SSSR count). The van der Waals surface area contributed by atoms with Gasteiger partial charge in [-0.25, -0.2) is 0 Å². The molecule has 2 aromatic rings. The number of anilines is 1. The lowest BCUT2D eigenvalue weighted by Gasteiger charge is -2.05. The molecule has 0 unspecified atom stereocenters. The van der Waals surface area contributed by atoms with Crippen molar-refractivity contribution >= 4 is 17.5 Å². The number of aromatic nitrogens is 1. The van der Waals surface area contributed by atoms with E-state index in [0.29, 0.717) is 10.9 Å². The van der Waals surface area contributed by atoms with Gasteiger partial charge in [0.05, 0.1) is 11.3 Å². The maximum absolute atomic E-state index is 6.25. The van der Waals surface area contributed by atoms with Crippen molar-refractivity contribution in [2.45, 2.75) is 51.9 Å². The monoisotopic (exact) mass is 306 g/mol. The van der Waals surface area contributed by atoms with E-state index in [2.05, 4.69) is 12.1 Å². The Morgan fingerprint density at radius 1 is 1.10 bits per heavy atom. The van der Waals surface area contributed by atoms with Crippen LogP contribution in [-0.2, 0) is 6.42 Å². The third-order valence-electron chi connectivity index (χ3n) is 3.70. The van der Waals surface area contributed by atoms with Crippen LogP contribution in [0, 0.1) is 0 Å². The summed E-state index contributed by atoms with van der Waals surface area (Å²) in [5, 5.41) is 4.79. The molecule has 0 amide bonds. The van der Waals surface area contributed by atoms with Crippen molar-refractivity contribution < 1.29 is 4.52 Å². The van der Waals surface area contributed by atoms with Crippen LogP contribution in [-0.4, -0.2) is 5.16 Å². The normalized spacial score (nSPS) is 11.0. The topological polar surface area (TPSA) is 52.0 Å². The molecule has 0 aliphatic rings. The fourth-order valence-electron chi connectivity index (χ4n) is 2.53. The molecule has 4 heteroatoms. The highest BCUT2D eigenvalue weighted by Gasteiger charge is 2.17. The lowest BCUT2D eigenvalue weighted by molar-refractivity contribution is 0.425. The average molecular weight is 307 g/mol. The molecular weight excluding hydrogens is 284 g/mol. The summed E-state index contributed by atoms with van der Waals surface area (Å²) in [5.74, 6) is 0.351. The number of halogens is 1. The molecule has 1 aromatic carbocycles. The minimum absolute atomic E-state index is 0.351. The maximum atomic E-state index is 6.25. The molecule has 0 fully saturated rings. The summed E-state index contributed by atoms with van der Waals surface area (Å²) in [6, 6.07) is 7.67. The van der Waals surface area contributed by atoms with Gasteiger partial charge in [-0.1, -0.05) is 74.0 Å². The van der Waals surface area contributed by atoms with Gasteiger partial charge < -0.3 is 10.3 Å². The van der Waals surface area contributed by atoms with E-state index in [-0.39, 0.29) is 0 Å². The predicted molar refractivity (Wildman–Crippen MR) is 88.4 cm³/mol. The van der Waals surface area contributed by atoms with Crippen LogP contribution in [0.2, 0.25) is 5.02 Å². The van der Waals surface area contributed by atoms with Crippen molar-refractivity contribution in [3.63, 3.8) is 0 Å². The number of nitrogens with two attached hydrogens (primary N) is 1. The van der Waals surface area contributed by atoms with Gasteiger partial charge in [0.2, 0.25) is 5.88 Å². The van der Waals surface area contributed by atoms with Crippen LogP contribution in [0.3, 0.4) is 0 Å². The van der Waals surface area contributed by atoms with Gasteiger partial charge in [-0.05, 0) is 18.9 Å². The van der Waals surface area contributed by atoms with Crippen LogP contribution in [0.4, 0.5) is 5.88 Å². The molecule has 114 valence electrons. The van der Waals surface area contributed by atoms with Crippen LogP contribution in [0.15, 0.2) is 28.8 Å². The largest absolute Gasteiger partial charge is 0.367 e. The van der Waals surface area contributed by atoms with Gasteiger partial charge in [-0.3, -0.25) is 0 Å². The van der Waals surface area contributed by atoms with Gasteiger partial charge in [0.15, 0.2) is 0 Å². The van der Waals surface area contributed by atoms with E-state index in [4.69, 9.17) is 21.9 Å². The Morgan fingerprint density at radius 3 is 2.57 bits per heavy atom. The summed E-state index contributed by atoms with van der Waals surface area (Å²) in [6.07, 6.45) is 8.39. The molecule has 3 nitrogen and oxygen atoms in total. The van der Waals surface area contributed by atoms with Crippen molar-refractivity contribution in [2.24, 2.45) is 0 Å². The Kier molecular flexibility index (Phi) is 6.12. The first-order valence-corrected chi connectivity index (χ1v) is 8.10. The average Bonchev–Trinajstić information content (AvgIpc) is 2.84. The quantitative estimate of drug-likeness (QED) is 0.657. The molecule has 0 saturated heterocycles. The van der Waals surface area contributed by atoms with E-state index >= 15 is 0 Å². The zero-order valence-corrected chi connectivity index (χ0v) is 13.3. The van der Waals surface area contributed by atoms with Crippen molar-refractivity contribution in [3.05, 3.63) is 35.0 Å². The zero-order chi connectivity index (χ0) is 15.1. The maximum Gasteiger partial charge on any atom is 0.230 e. The van der Waals surface area contributed by atoms with Crippen LogP contribution in [0.25, 0.3) is 11.1 Å². The van der Waals surface area contributed by atoms with E-state index in [1.54, 1.807) is 0 Å². The lowest BCUT2D eigenvalue weighted by atomic mass is 10.0. The summed E-state index contributed by atoms with van der Waals surface area (Å²) in [6.45, 7) is 2.23. The molecule has 1 aromatic heterocycles. The fourth-order valence-corrected chi connectivity index (χ4v) is 2.76. The first-order valence-electron chi connectivity index (χ1n) is 7.73. The standard InChI is InChI=1S/C17H23ClN2O/c1-2-3-4-5-6-7-12-15-16(17(19)21-20-15)13-10-8-9-11-14(13)18/h8-11H,2-7,12,19H2,1H3. The second kappa shape index (κ2) is 8.08. The molecule has 21 heavy (non-hydrogen) atoms. The number of benzene rings is 1. The Hall–Kier alpha value is -1.48. The van der Waals surface area contributed by atoms with Crippen molar-refractivity contribution in [3.8, 4) is 11.1 Å². The van der Waals surface area contributed by atoms with Gasteiger partial charge in [-0.15, -0.1) is 0 Å². The van der Waals surface area contributed by atoms with Gasteiger partial charge in [0.25, 0.3) is 0 Å². The SMILES string of the molecule is CCCCCCCCc1noc(N)c1-c1ccccc1Cl. The summed E-state index contributed by atoms with van der Waals surface area (Å²) < 4.78 is 5.17. The summed E-state index contributed by atoms with van der Waals surface area (Å²) >= 11 is 6.25. The first-order chi connectivity index (χ1) is 10.2. The summed E-state index contributed by atoms with van der Waals surface area (Å²) in [5.41, 5.74) is 8.59. The predicted octanol–water partition coefficient (Wildman–Crippen LogP) is 5.48. The van der Waals surface area contributed by atoms with Crippen LogP contribution >= 0.6 is 11.6 Å². The van der Waals surface area contributed by atoms with E-state index in [0.717, 1.165) is 29.7 Å². The molecule has 0 radical (unpaired) electrons.